The number of halogens is 1. The van der Waals surface area contributed by atoms with E-state index in [-0.39, 0.29) is 11.3 Å². The van der Waals surface area contributed by atoms with Gasteiger partial charge >= 0.3 is 5.91 Å². The van der Waals surface area contributed by atoms with Crippen molar-refractivity contribution in [2.45, 2.75) is 25.8 Å². The van der Waals surface area contributed by atoms with Crippen LogP contribution in [-0.2, 0) is 9.59 Å². The number of aliphatic hydroxyl groups is 1. The van der Waals surface area contributed by atoms with Gasteiger partial charge in [-0.2, -0.15) is 0 Å². The molecule has 1 amide bonds. The van der Waals surface area contributed by atoms with Crippen LogP contribution in [0.5, 0.6) is 0 Å². The van der Waals surface area contributed by atoms with Gasteiger partial charge in [-0.15, -0.1) is 11.3 Å². The highest BCUT2D eigenvalue weighted by atomic mass is 79.9. The summed E-state index contributed by atoms with van der Waals surface area (Å²) in [6.45, 7) is 4.20. The number of amides is 1. The largest absolute Gasteiger partial charge is 0.507 e. The molecule has 1 aliphatic heterocycles. The standard InChI is InChI=1S/C23H19BrN2O3S/c1-13(2)14-3-5-15(6-4-14)19-18(20(27)16-7-9-17(24)10-8-16)21(28)22(29)26(19)23-25-11-12-30-23/h3-13,19,27H,1-2H3/t19-/m1/s1. The van der Waals surface area contributed by atoms with Crippen molar-refractivity contribution in [3.8, 4) is 0 Å². The van der Waals surface area contributed by atoms with Crippen LogP contribution >= 0.6 is 27.3 Å². The van der Waals surface area contributed by atoms with Crippen LogP contribution in [0.4, 0.5) is 5.13 Å². The number of thiazole rings is 1. The molecule has 4 rings (SSSR count). The summed E-state index contributed by atoms with van der Waals surface area (Å²) in [5, 5.41) is 13.2. The molecule has 2 heterocycles. The molecule has 30 heavy (non-hydrogen) atoms. The third-order valence-electron chi connectivity index (χ3n) is 5.11. The molecule has 1 saturated heterocycles. The van der Waals surface area contributed by atoms with Crippen LogP contribution < -0.4 is 4.90 Å². The van der Waals surface area contributed by atoms with Gasteiger partial charge in [0.1, 0.15) is 5.76 Å². The van der Waals surface area contributed by atoms with Crippen molar-refractivity contribution in [2.24, 2.45) is 0 Å². The monoisotopic (exact) mass is 482 g/mol. The summed E-state index contributed by atoms with van der Waals surface area (Å²) in [4.78, 5) is 31.6. The summed E-state index contributed by atoms with van der Waals surface area (Å²) < 4.78 is 0.850. The number of carbonyl (C=O) groups is 2. The van der Waals surface area contributed by atoms with Crippen LogP contribution in [0.1, 0.15) is 42.5 Å². The van der Waals surface area contributed by atoms with Gasteiger partial charge in [-0.05, 0) is 29.2 Å². The van der Waals surface area contributed by atoms with E-state index in [1.807, 2.05) is 24.3 Å². The summed E-state index contributed by atoms with van der Waals surface area (Å²) in [5.74, 6) is -1.25. The second-order valence-electron chi connectivity index (χ2n) is 7.31. The summed E-state index contributed by atoms with van der Waals surface area (Å²) >= 11 is 4.64. The van der Waals surface area contributed by atoms with E-state index in [1.54, 1.807) is 35.8 Å². The Morgan fingerprint density at radius 1 is 1.10 bits per heavy atom. The molecule has 0 bridgehead atoms. The first-order chi connectivity index (χ1) is 14.4. The molecule has 0 unspecified atom stereocenters. The van der Waals surface area contributed by atoms with E-state index in [1.165, 1.54) is 16.2 Å². The molecule has 5 nitrogen and oxygen atoms in total. The Kier molecular flexibility index (Phi) is 5.58. The minimum Gasteiger partial charge on any atom is -0.507 e. The molecule has 1 atom stereocenters. The number of nitrogens with zero attached hydrogens (tertiary/aromatic N) is 2. The highest BCUT2D eigenvalue weighted by Gasteiger charge is 2.47. The average Bonchev–Trinajstić information content (AvgIpc) is 3.35. The molecular formula is C23H19BrN2O3S. The number of aliphatic hydroxyl groups excluding tert-OH is 1. The molecule has 2 aromatic carbocycles. The van der Waals surface area contributed by atoms with Crippen molar-refractivity contribution in [3.63, 3.8) is 0 Å². The fourth-order valence-electron chi connectivity index (χ4n) is 3.51. The first kappa shape index (κ1) is 20.5. The zero-order valence-electron chi connectivity index (χ0n) is 16.4. The lowest BCUT2D eigenvalue weighted by atomic mass is 9.93. The Morgan fingerprint density at radius 2 is 1.77 bits per heavy atom. The SMILES string of the molecule is CC(C)c1ccc([C@@H]2C(=C(O)c3ccc(Br)cc3)C(=O)C(=O)N2c2nccs2)cc1. The van der Waals surface area contributed by atoms with E-state index in [0.29, 0.717) is 16.6 Å². The van der Waals surface area contributed by atoms with E-state index in [2.05, 4.69) is 34.8 Å². The van der Waals surface area contributed by atoms with E-state index < -0.39 is 17.7 Å². The van der Waals surface area contributed by atoms with Crippen LogP contribution in [0.15, 0.2) is 70.2 Å². The van der Waals surface area contributed by atoms with Crippen molar-refractivity contribution >= 4 is 49.8 Å². The van der Waals surface area contributed by atoms with Crippen LogP contribution in [-0.4, -0.2) is 21.8 Å². The van der Waals surface area contributed by atoms with Crippen molar-refractivity contribution in [1.82, 2.24) is 4.98 Å². The first-order valence-corrected chi connectivity index (χ1v) is 11.1. The quantitative estimate of drug-likeness (QED) is 0.296. The zero-order valence-corrected chi connectivity index (χ0v) is 18.8. The lowest BCUT2D eigenvalue weighted by Gasteiger charge is -2.23. The minimum atomic E-state index is -0.749. The normalized spacial score (nSPS) is 18.4. The number of ketones is 1. The van der Waals surface area contributed by atoms with Crippen molar-refractivity contribution in [3.05, 3.63) is 86.8 Å². The van der Waals surface area contributed by atoms with Crippen LogP contribution in [0.3, 0.4) is 0 Å². The van der Waals surface area contributed by atoms with Gasteiger partial charge in [0.15, 0.2) is 5.13 Å². The number of aromatic nitrogens is 1. The summed E-state index contributed by atoms with van der Waals surface area (Å²) in [5.41, 5.74) is 2.43. The molecule has 0 saturated carbocycles. The second kappa shape index (κ2) is 8.16. The number of Topliss-reactive ketones (excluding diaryl/α,β-unsaturated/α-hetero) is 1. The Morgan fingerprint density at radius 3 is 2.33 bits per heavy atom. The van der Waals surface area contributed by atoms with E-state index in [4.69, 9.17) is 0 Å². The van der Waals surface area contributed by atoms with Gasteiger partial charge in [-0.3, -0.25) is 14.5 Å². The van der Waals surface area contributed by atoms with Crippen molar-refractivity contribution in [1.29, 1.82) is 0 Å². The molecule has 0 spiro atoms. The maximum absolute atomic E-state index is 13.0. The van der Waals surface area contributed by atoms with Crippen molar-refractivity contribution < 1.29 is 14.7 Å². The fraction of sp³-hybridized carbons (Fsp3) is 0.174. The summed E-state index contributed by atoms with van der Waals surface area (Å²) in [6.07, 6.45) is 1.59. The summed E-state index contributed by atoms with van der Waals surface area (Å²) in [7, 11) is 0. The van der Waals surface area contributed by atoms with Crippen molar-refractivity contribution in [2.75, 3.05) is 4.90 Å². The lowest BCUT2D eigenvalue weighted by Crippen LogP contribution is -2.29. The maximum atomic E-state index is 13.0. The maximum Gasteiger partial charge on any atom is 0.301 e. The van der Waals surface area contributed by atoms with E-state index in [9.17, 15) is 14.7 Å². The smallest absolute Gasteiger partial charge is 0.301 e. The lowest BCUT2D eigenvalue weighted by molar-refractivity contribution is -0.132. The molecule has 0 radical (unpaired) electrons. The van der Waals surface area contributed by atoms with Crippen LogP contribution in [0, 0.1) is 0 Å². The van der Waals surface area contributed by atoms with Gasteiger partial charge in [-0.25, -0.2) is 4.98 Å². The van der Waals surface area contributed by atoms with Gasteiger partial charge < -0.3 is 5.11 Å². The van der Waals surface area contributed by atoms with E-state index in [0.717, 1.165) is 15.6 Å². The fourth-order valence-corrected chi connectivity index (χ4v) is 4.44. The van der Waals surface area contributed by atoms with Crippen LogP contribution in [0.2, 0.25) is 0 Å². The molecule has 1 aromatic heterocycles. The van der Waals surface area contributed by atoms with Crippen LogP contribution in [0.25, 0.3) is 5.76 Å². The minimum absolute atomic E-state index is 0.0646. The van der Waals surface area contributed by atoms with Gasteiger partial charge in [-0.1, -0.05) is 66.2 Å². The number of carbonyl (C=O) groups excluding carboxylic acids is 2. The highest BCUT2D eigenvalue weighted by molar-refractivity contribution is 9.10. The Hall–Kier alpha value is -2.77. The molecule has 7 heteroatoms. The number of rotatable bonds is 4. The Bertz CT molecular complexity index is 1120. The Labute approximate surface area is 186 Å². The molecular weight excluding hydrogens is 464 g/mol. The molecule has 1 aliphatic rings. The number of hydrogen-bond donors (Lipinski definition) is 1. The topological polar surface area (TPSA) is 70.5 Å². The summed E-state index contributed by atoms with van der Waals surface area (Å²) in [6, 6.07) is 14.0. The predicted molar refractivity (Wildman–Crippen MR) is 122 cm³/mol. The van der Waals surface area contributed by atoms with Gasteiger partial charge in [0.25, 0.3) is 5.78 Å². The molecule has 0 aliphatic carbocycles. The van der Waals surface area contributed by atoms with Gasteiger partial charge in [0.05, 0.1) is 11.6 Å². The highest BCUT2D eigenvalue weighted by Crippen LogP contribution is 2.42. The molecule has 152 valence electrons. The predicted octanol–water partition coefficient (Wildman–Crippen LogP) is 5.66. The Balaban J connectivity index is 1.90. The number of hydrogen-bond acceptors (Lipinski definition) is 5. The van der Waals surface area contributed by atoms with Gasteiger partial charge in [0, 0.05) is 21.6 Å². The third-order valence-corrected chi connectivity index (χ3v) is 6.41. The first-order valence-electron chi connectivity index (χ1n) is 9.44. The zero-order chi connectivity index (χ0) is 21.4. The average molecular weight is 483 g/mol. The molecule has 3 aromatic rings. The molecule has 1 fully saturated rings. The third kappa shape index (κ3) is 3.59. The van der Waals surface area contributed by atoms with E-state index >= 15 is 0 Å². The second-order valence-corrected chi connectivity index (χ2v) is 9.10. The number of benzene rings is 2. The van der Waals surface area contributed by atoms with Gasteiger partial charge in [0.2, 0.25) is 0 Å². The number of anilines is 1. The molecule has 1 N–H and O–H groups in total.